The molecule has 1 N–H and O–H groups in total. The molecule has 0 aliphatic carbocycles. The summed E-state index contributed by atoms with van der Waals surface area (Å²) in [5.41, 5.74) is 2.39. The average molecular weight is 170 g/mol. The minimum atomic E-state index is -0.435. The number of hydrogen-bond donors (Lipinski definition) is 1. The van der Waals surface area contributed by atoms with Crippen molar-refractivity contribution in [1.29, 1.82) is 0 Å². The highest BCUT2D eigenvalue weighted by Crippen LogP contribution is 2.09. The van der Waals surface area contributed by atoms with Crippen molar-refractivity contribution in [2.75, 3.05) is 6.54 Å². The third-order valence-electron chi connectivity index (χ3n) is 1.22. The number of hydrazine groups is 1. The van der Waals surface area contributed by atoms with E-state index in [0.29, 0.717) is 6.54 Å². The third-order valence-corrected chi connectivity index (χ3v) is 1.22. The Labute approximate surface area is 72.2 Å². The van der Waals surface area contributed by atoms with Gasteiger partial charge in [0.1, 0.15) is 5.60 Å². The molecule has 0 aromatic rings. The Morgan fingerprint density at radius 3 is 2.67 bits per heavy atom. The second kappa shape index (κ2) is 3.15. The molecule has 1 aliphatic heterocycles. The molecule has 0 aromatic heterocycles. The standard InChI is InChI=1S/C8H14N2O2/c1-8(2,3)12-7(11)10-6-4-5-9-10/h4,6,9H,5H2,1-3H3. The Morgan fingerprint density at radius 2 is 2.25 bits per heavy atom. The van der Waals surface area contributed by atoms with E-state index in [9.17, 15) is 4.79 Å². The fraction of sp³-hybridized carbons (Fsp3) is 0.625. The van der Waals surface area contributed by atoms with Crippen LogP contribution in [0.5, 0.6) is 0 Å². The van der Waals surface area contributed by atoms with Crippen LogP contribution in [-0.2, 0) is 4.74 Å². The summed E-state index contributed by atoms with van der Waals surface area (Å²) >= 11 is 0. The third kappa shape index (κ3) is 2.54. The molecule has 0 fully saturated rings. The quantitative estimate of drug-likeness (QED) is 0.595. The topological polar surface area (TPSA) is 41.6 Å². The highest BCUT2D eigenvalue weighted by molar-refractivity contribution is 5.69. The molecule has 68 valence electrons. The first kappa shape index (κ1) is 9.06. The van der Waals surface area contributed by atoms with Gasteiger partial charge in [-0.25, -0.2) is 15.2 Å². The van der Waals surface area contributed by atoms with Gasteiger partial charge in [-0.05, 0) is 20.8 Å². The van der Waals surface area contributed by atoms with Crippen molar-refractivity contribution in [3.8, 4) is 0 Å². The Kier molecular flexibility index (Phi) is 2.38. The lowest BCUT2D eigenvalue weighted by Gasteiger charge is -2.23. The van der Waals surface area contributed by atoms with Crippen LogP contribution in [0.4, 0.5) is 4.79 Å². The van der Waals surface area contributed by atoms with Crippen molar-refractivity contribution in [1.82, 2.24) is 10.4 Å². The van der Waals surface area contributed by atoms with E-state index in [2.05, 4.69) is 5.43 Å². The molecule has 4 nitrogen and oxygen atoms in total. The molecule has 4 heteroatoms. The van der Waals surface area contributed by atoms with Gasteiger partial charge in [-0.1, -0.05) is 6.08 Å². The lowest BCUT2D eigenvalue weighted by Crippen LogP contribution is -2.39. The normalized spacial score (nSPS) is 16.8. The number of rotatable bonds is 0. The molecule has 1 heterocycles. The minimum Gasteiger partial charge on any atom is -0.442 e. The summed E-state index contributed by atoms with van der Waals surface area (Å²) in [4.78, 5) is 11.3. The summed E-state index contributed by atoms with van der Waals surface area (Å²) in [6.07, 6.45) is 3.15. The molecule has 0 bridgehead atoms. The predicted molar refractivity (Wildman–Crippen MR) is 45.2 cm³/mol. The number of nitrogens with zero attached hydrogens (tertiary/aromatic N) is 1. The second-order valence-corrected chi connectivity index (χ2v) is 3.60. The first-order valence-electron chi connectivity index (χ1n) is 3.91. The zero-order valence-electron chi connectivity index (χ0n) is 7.63. The van der Waals surface area contributed by atoms with Crippen LogP contribution in [0.3, 0.4) is 0 Å². The van der Waals surface area contributed by atoms with Crippen LogP contribution >= 0.6 is 0 Å². The molecular weight excluding hydrogens is 156 g/mol. The van der Waals surface area contributed by atoms with E-state index in [4.69, 9.17) is 4.74 Å². The van der Waals surface area contributed by atoms with Crippen LogP contribution in [0.15, 0.2) is 12.3 Å². The number of nitrogens with one attached hydrogen (secondary N) is 1. The molecule has 1 rings (SSSR count). The lowest BCUT2D eigenvalue weighted by atomic mass is 10.2. The van der Waals surface area contributed by atoms with Crippen LogP contribution in [-0.4, -0.2) is 23.2 Å². The van der Waals surface area contributed by atoms with Gasteiger partial charge < -0.3 is 4.74 Å². The van der Waals surface area contributed by atoms with Gasteiger partial charge in [-0.15, -0.1) is 0 Å². The number of ether oxygens (including phenoxy) is 1. The van der Waals surface area contributed by atoms with E-state index < -0.39 is 5.60 Å². The number of amides is 1. The summed E-state index contributed by atoms with van der Waals surface area (Å²) in [6, 6.07) is 0. The van der Waals surface area contributed by atoms with Crippen LogP contribution in [0, 0.1) is 0 Å². The van der Waals surface area contributed by atoms with E-state index in [-0.39, 0.29) is 6.09 Å². The average Bonchev–Trinajstić information content (AvgIpc) is 2.32. The number of carbonyl (C=O) groups excluding carboxylic acids is 1. The highest BCUT2D eigenvalue weighted by atomic mass is 16.6. The molecule has 0 radical (unpaired) electrons. The fourth-order valence-corrected chi connectivity index (χ4v) is 0.798. The number of carbonyl (C=O) groups is 1. The van der Waals surface area contributed by atoms with Gasteiger partial charge >= 0.3 is 6.09 Å². The predicted octanol–water partition coefficient (Wildman–Crippen LogP) is 1.26. The van der Waals surface area contributed by atoms with Gasteiger partial charge in [-0.2, -0.15) is 0 Å². The van der Waals surface area contributed by atoms with Crippen LogP contribution < -0.4 is 5.43 Å². The largest absolute Gasteiger partial charge is 0.442 e. The highest BCUT2D eigenvalue weighted by Gasteiger charge is 2.21. The van der Waals surface area contributed by atoms with Crippen molar-refractivity contribution in [3.63, 3.8) is 0 Å². The molecule has 0 unspecified atom stereocenters. The number of hydrogen-bond acceptors (Lipinski definition) is 3. The van der Waals surface area contributed by atoms with Crippen LogP contribution in [0.25, 0.3) is 0 Å². The summed E-state index contributed by atoms with van der Waals surface area (Å²) in [5.74, 6) is 0. The van der Waals surface area contributed by atoms with E-state index in [1.54, 1.807) is 6.20 Å². The van der Waals surface area contributed by atoms with E-state index in [0.717, 1.165) is 0 Å². The van der Waals surface area contributed by atoms with Gasteiger partial charge in [0.25, 0.3) is 0 Å². The molecule has 0 aromatic carbocycles. The van der Waals surface area contributed by atoms with Crippen molar-refractivity contribution in [2.24, 2.45) is 0 Å². The van der Waals surface area contributed by atoms with Crippen molar-refractivity contribution in [2.45, 2.75) is 26.4 Å². The van der Waals surface area contributed by atoms with Gasteiger partial charge in [0, 0.05) is 12.7 Å². The van der Waals surface area contributed by atoms with E-state index >= 15 is 0 Å². The summed E-state index contributed by atoms with van der Waals surface area (Å²) in [5, 5.41) is 1.34. The van der Waals surface area contributed by atoms with Crippen LogP contribution in [0.1, 0.15) is 20.8 Å². The Bertz CT molecular complexity index is 206. The molecular formula is C8H14N2O2. The van der Waals surface area contributed by atoms with Gasteiger partial charge in [0.15, 0.2) is 0 Å². The summed E-state index contributed by atoms with van der Waals surface area (Å²) in [7, 11) is 0. The van der Waals surface area contributed by atoms with Gasteiger partial charge in [0.2, 0.25) is 0 Å². The molecule has 1 amide bonds. The minimum absolute atomic E-state index is 0.365. The van der Waals surface area contributed by atoms with Gasteiger partial charge in [0.05, 0.1) is 0 Å². The Hall–Kier alpha value is -1.03. The molecule has 1 aliphatic rings. The second-order valence-electron chi connectivity index (χ2n) is 3.60. The Morgan fingerprint density at radius 1 is 1.58 bits per heavy atom. The fourth-order valence-electron chi connectivity index (χ4n) is 0.798. The Balaban J connectivity index is 2.43. The first-order valence-corrected chi connectivity index (χ1v) is 3.91. The maximum absolute atomic E-state index is 11.3. The van der Waals surface area contributed by atoms with E-state index in [1.165, 1.54) is 5.01 Å². The summed E-state index contributed by atoms with van der Waals surface area (Å²) < 4.78 is 5.09. The SMILES string of the molecule is CC(C)(C)OC(=O)N1C=CCN1. The van der Waals surface area contributed by atoms with E-state index in [1.807, 2.05) is 26.8 Å². The van der Waals surface area contributed by atoms with Crippen LogP contribution in [0.2, 0.25) is 0 Å². The maximum atomic E-state index is 11.3. The van der Waals surface area contributed by atoms with Crippen molar-refractivity contribution >= 4 is 6.09 Å². The van der Waals surface area contributed by atoms with Crippen molar-refractivity contribution in [3.05, 3.63) is 12.3 Å². The zero-order chi connectivity index (χ0) is 9.19. The molecule has 0 spiro atoms. The lowest BCUT2D eigenvalue weighted by molar-refractivity contribution is 0.0277. The molecule has 12 heavy (non-hydrogen) atoms. The molecule has 0 saturated heterocycles. The van der Waals surface area contributed by atoms with Gasteiger partial charge in [-0.3, -0.25) is 0 Å². The zero-order valence-corrected chi connectivity index (χ0v) is 7.63. The summed E-state index contributed by atoms with van der Waals surface area (Å²) in [6.45, 7) is 6.19. The first-order chi connectivity index (χ1) is 5.49. The monoisotopic (exact) mass is 170 g/mol. The molecule has 0 atom stereocenters. The smallest absolute Gasteiger partial charge is 0.429 e. The maximum Gasteiger partial charge on any atom is 0.429 e. The van der Waals surface area contributed by atoms with Crippen molar-refractivity contribution < 1.29 is 9.53 Å². The molecule has 0 saturated carbocycles.